The second-order valence-corrected chi connectivity index (χ2v) is 10.7. The number of aryl methyl sites for hydroxylation is 1. The molecule has 0 N–H and O–H groups in total. The van der Waals surface area contributed by atoms with E-state index < -0.39 is 11.7 Å². The number of thioether (sulfide) groups is 1. The SMILES string of the molecule is COc1cc2c(c3c1c(=O)c1ccccc1n3C)[C@@H](SCc1ccccc1)[C@@H](OC(C)=O)C(C)(C)O2. The van der Waals surface area contributed by atoms with Crippen LogP contribution < -0.4 is 14.9 Å². The zero-order valence-electron chi connectivity index (χ0n) is 21.0. The topological polar surface area (TPSA) is 66.8 Å². The Morgan fingerprint density at radius 1 is 1.11 bits per heavy atom. The van der Waals surface area contributed by atoms with E-state index in [9.17, 15) is 9.59 Å². The molecule has 2 heterocycles. The van der Waals surface area contributed by atoms with Crippen molar-refractivity contribution in [3.8, 4) is 11.5 Å². The molecule has 1 aliphatic heterocycles. The fraction of sp³-hybridized carbons (Fsp3) is 0.310. The summed E-state index contributed by atoms with van der Waals surface area (Å²) in [6, 6.07) is 19.5. The first kappa shape index (κ1) is 24.3. The van der Waals surface area contributed by atoms with Crippen molar-refractivity contribution < 1.29 is 19.0 Å². The molecule has 7 heteroatoms. The lowest BCUT2D eigenvalue weighted by Gasteiger charge is -2.44. The Hall–Kier alpha value is -3.45. The Balaban J connectivity index is 1.83. The maximum atomic E-state index is 13.8. The van der Waals surface area contributed by atoms with Gasteiger partial charge in [0.05, 0.1) is 28.8 Å². The lowest BCUT2D eigenvalue weighted by molar-refractivity contribution is -0.158. The highest BCUT2D eigenvalue weighted by atomic mass is 32.2. The van der Waals surface area contributed by atoms with E-state index in [1.807, 2.05) is 67.9 Å². The van der Waals surface area contributed by atoms with Crippen molar-refractivity contribution in [3.05, 3.63) is 82.0 Å². The number of carbonyl (C=O) groups is 1. The van der Waals surface area contributed by atoms with E-state index in [1.165, 1.54) is 6.92 Å². The van der Waals surface area contributed by atoms with Gasteiger partial charge in [-0.2, -0.15) is 0 Å². The van der Waals surface area contributed by atoms with Crippen molar-refractivity contribution in [2.45, 2.75) is 43.5 Å². The Morgan fingerprint density at radius 2 is 1.81 bits per heavy atom. The Bertz CT molecular complexity index is 1530. The molecular formula is C29H29NO5S. The van der Waals surface area contributed by atoms with Gasteiger partial charge in [0, 0.05) is 36.7 Å². The van der Waals surface area contributed by atoms with Crippen molar-refractivity contribution in [2.75, 3.05) is 7.11 Å². The predicted octanol–water partition coefficient (Wildman–Crippen LogP) is 5.78. The molecule has 1 aliphatic rings. The van der Waals surface area contributed by atoms with Crippen LogP contribution in [0, 0.1) is 0 Å². The molecule has 0 spiro atoms. The molecule has 2 atom stereocenters. The van der Waals surface area contributed by atoms with Crippen molar-refractivity contribution in [2.24, 2.45) is 7.05 Å². The molecule has 0 unspecified atom stereocenters. The summed E-state index contributed by atoms with van der Waals surface area (Å²) in [6.07, 6.45) is -0.575. The van der Waals surface area contributed by atoms with E-state index in [0.29, 0.717) is 28.0 Å². The minimum Gasteiger partial charge on any atom is -0.496 e. The second kappa shape index (κ2) is 9.21. The number of rotatable bonds is 5. The van der Waals surface area contributed by atoms with Crippen LogP contribution >= 0.6 is 11.8 Å². The Kier molecular flexibility index (Phi) is 6.20. The van der Waals surface area contributed by atoms with E-state index in [2.05, 4.69) is 12.1 Å². The number of esters is 1. The van der Waals surface area contributed by atoms with Crippen LogP contribution in [-0.4, -0.2) is 29.4 Å². The molecule has 6 nitrogen and oxygen atoms in total. The number of nitrogens with zero attached hydrogens (tertiary/aromatic N) is 1. The molecule has 186 valence electrons. The number of pyridine rings is 1. The molecule has 0 saturated heterocycles. The van der Waals surface area contributed by atoms with Crippen LogP contribution in [0.4, 0.5) is 0 Å². The average Bonchev–Trinajstić information content (AvgIpc) is 2.86. The van der Waals surface area contributed by atoms with Gasteiger partial charge in [0.25, 0.3) is 0 Å². The van der Waals surface area contributed by atoms with E-state index in [-0.39, 0.29) is 16.6 Å². The Labute approximate surface area is 214 Å². The predicted molar refractivity (Wildman–Crippen MR) is 144 cm³/mol. The molecule has 0 saturated carbocycles. The lowest BCUT2D eigenvalue weighted by atomic mass is 9.88. The third-order valence-electron chi connectivity index (χ3n) is 6.74. The number of carbonyl (C=O) groups excluding carboxylic acids is 1. The van der Waals surface area contributed by atoms with Gasteiger partial charge in [-0.15, -0.1) is 11.8 Å². The number of hydrogen-bond donors (Lipinski definition) is 0. The molecule has 4 aromatic rings. The minimum absolute atomic E-state index is 0.0981. The molecule has 0 bridgehead atoms. The number of methoxy groups -OCH3 is 1. The molecule has 36 heavy (non-hydrogen) atoms. The summed E-state index contributed by atoms with van der Waals surface area (Å²) in [5, 5.41) is 0.827. The summed E-state index contributed by atoms with van der Waals surface area (Å²) in [6.45, 7) is 5.27. The van der Waals surface area contributed by atoms with Crippen LogP contribution in [0.1, 0.15) is 37.1 Å². The number of hydrogen-bond acceptors (Lipinski definition) is 6. The van der Waals surface area contributed by atoms with Gasteiger partial charge in [0.2, 0.25) is 5.43 Å². The van der Waals surface area contributed by atoms with Gasteiger partial charge in [-0.05, 0) is 31.5 Å². The molecule has 0 radical (unpaired) electrons. The monoisotopic (exact) mass is 503 g/mol. The normalized spacial score (nSPS) is 18.5. The van der Waals surface area contributed by atoms with Crippen LogP contribution in [-0.2, 0) is 22.3 Å². The highest BCUT2D eigenvalue weighted by Gasteiger charge is 2.48. The summed E-state index contributed by atoms with van der Waals surface area (Å²) in [7, 11) is 3.51. The highest BCUT2D eigenvalue weighted by molar-refractivity contribution is 7.98. The number of ether oxygens (including phenoxy) is 3. The lowest BCUT2D eigenvalue weighted by Crippen LogP contribution is -2.50. The van der Waals surface area contributed by atoms with E-state index in [0.717, 1.165) is 22.2 Å². The quantitative estimate of drug-likeness (QED) is 0.254. The van der Waals surface area contributed by atoms with Crippen LogP contribution in [0.2, 0.25) is 0 Å². The first-order chi connectivity index (χ1) is 17.2. The zero-order chi connectivity index (χ0) is 25.6. The molecule has 0 amide bonds. The third kappa shape index (κ3) is 4.01. The van der Waals surface area contributed by atoms with Crippen molar-refractivity contribution in [3.63, 3.8) is 0 Å². The van der Waals surface area contributed by atoms with Crippen molar-refractivity contribution in [1.82, 2.24) is 4.57 Å². The number of aromatic nitrogens is 1. The molecule has 1 aromatic heterocycles. The summed E-state index contributed by atoms with van der Waals surface area (Å²) >= 11 is 1.68. The third-order valence-corrected chi connectivity index (χ3v) is 8.08. The molecule has 5 rings (SSSR count). The van der Waals surface area contributed by atoms with Gasteiger partial charge in [0.1, 0.15) is 17.1 Å². The summed E-state index contributed by atoms with van der Waals surface area (Å²) < 4.78 is 20.2. The van der Waals surface area contributed by atoms with Crippen LogP contribution in [0.25, 0.3) is 21.8 Å². The average molecular weight is 504 g/mol. The van der Waals surface area contributed by atoms with E-state index in [4.69, 9.17) is 14.2 Å². The van der Waals surface area contributed by atoms with Gasteiger partial charge in [-0.25, -0.2) is 0 Å². The number of para-hydroxylation sites is 1. The fourth-order valence-corrected chi connectivity index (χ4v) is 6.63. The van der Waals surface area contributed by atoms with Crippen LogP contribution in [0.3, 0.4) is 0 Å². The maximum Gasteiger partial charge on any atom is 0.303 e. The van der Waals surface area contributed by atoms with Gasteiger partial charge < -0.3 is 18.8 Å². The van der Waals surface area contributed by atoms with Gasteiger partial charge in [0.15, 0.2) is 6.10 Å². The second-order valence-electron chi connectivity index (χ2n) is 9.57. The van der Waals surface area contributed by atoms with Crippen LogP contribution in [0.15, 0.2) is 65.5 Å². The largest absolute Gasteiger partial charge is 0.496 e. The van der Waals surface area contributed by atoms with Gasteiger partial charge in [-0.3, -0.25) is 9.59 Å². The highest BCUT2D eigenvalue weighted by Crippen LogP contribution is 2.53. The summed E-state index contributed by atoms with van der Waals surface area (Å²) in [5.41, 5.74) is 2.63. The number of fused-ring (bicyclic) bond motifs is 4. The van der Waals surface area contributed by atoms with Crippen molar-refractivity contribution in [1.29, 1.82) is 0 Å². The fourth-order valence-electron chi connectivity index (χ4n) is 5.11. The number of benzene rings is 3. The standard InChI is InChI=1S/C29H29NO5S/c1-17(31)34-28-27(36-16-18-11-7-6-8-12-18)24-22(35-29(28,2)3)15-21(33-5)23-25(24)30(4)20-14-10-9-13-19(20)26(23)32/h6-15,27-28H,16H2,1-5H3/t27-,28-/m1/s1. The first-order valence-corrected chi connectivity index (χ1v) is 12.9. The first-order valence-electron chi connectivity index (χ1n) is 11.9. The minimum atomic E-state index is -0.804. The van der Waals surface area contributed by atoms with Crippen LogP contribution in [0.5, 0.6) is 11.5 Å². The van der Waals surface area contributed by atoms with E-state index in [1.54, 1.807) is 24.9 Å². The summed E-state index contributed by atoms with van der Waals surface area (Å²) in [5.74, 6) is 1.42. The zero-order valence-corrected chi connectivity index (χ0v) is 21.8. The molecular weight excluding hydrogens is 474 g/mol. The smallest absolute Gasteiger partial charge is 0.303 e. The van der Waals surface area contributed by atoms with Gasteiger partial charge >= 0.3 is 5.97 Å². The molecule has 0 fully saturated rings. The van der Waals surface area contributed by atoms with E-state index >= 15 is 0 Å². The van der Waals surface area contributed by atoms with Crippen molar-refractivity contribution >= 4 is 39.5 Å². The molecule has 0 aliphatic carbocycles. The maximum absolute atomic E-state index is 13.8. The molecule has 3 aromatic carbocycles. The summed E-state index contributed by atoms with van der Waals surface area (Å²) in [4.78, 5) is 26.0. The van der Waals surface area contributed by atoms with Gasteiger partial charge in [-0.1, -0.05) is 42.5 Å². The Morgan fingerprint density at radius 3 is 2.50 bits per heavy atom.